The van der Waals surface area contributed by atoms with E-state index in [9.17, 15) is 4.79 Å². The molecule has 1 saturated heterocycles. The van der Waals surface area contributed by atoms with Crippen LogP contribution in [-0.4, -0.2) is 45.2 Å². The van der Waals surface area contributed by atoms with Gasteiger partial charge in [0.25, 0.3) is 0 Å². The largest absolute Gasteiger partial charge is 0.335 e. The molecule has 2 aromatic rings. The van der Waals surface area contributed by atoms with E-state index >= 15 is 0 Å². The van der Waals surface area contributed by atoms with Crippen molar-refractivity contribution in [3.63, 3.8) is 0 Å². The van der Waals surface area contributed by atoms with E-state index in [4.69, 9.17) is 0 Å². The number of amides is 1. The van der Waals surface area contributed by atoms with Crippen LogP contribution in [0.5, 0.6) is 0 Å². The zero-order chi connectivity index (χ0) is 18.2. The highest BCUT2D eigenvalue weighted by Crippen LogP contribution is 2.21. The van der Waals surface area contributed by atoms with E-state index in [-0.39, 0.29) is 12.5 Å². The minimum Gasteiger partial charge on any atom is -0.335 e. The van der Waals surface area contributed by atoms with Crippen LogP contribution in [-0.2, 0) is 17.9 Å². The van der Waals surface area contributed by atoms with Crippen LogP contribution in [0.2, 0.25) is 0 Å². The first-order valence-corrected chi connectivity index (χ1v) is 9.68. The highest BCUT2D eigenvalue weighted by Gasteiger charge is 2.19. The van der Waals surface area contributed by atoms with E-state index < -0.39 is 0 Å². The van der Waals surface area contributed by atoms with Gasteiger partial charge in [-0.2, -0.15) is 5.10 Å². The van der Waals surface area contributed by atoms with E-state index in [1.807, 2.05) is 29.3 Å². The quantitative estimate of drug-likeness (QED) is 0.790. The third kappa shape index (κ3) is 5.14. The highest BCUT2D eigenvalue weighted by molar-refractivity contribution is 5.75. The molecule has 140 valence electrons. The lowest BCUT2D eigenvalue weighted by atomic mass is 9.97. The Labute approximate surface area is 155 Å². The van der Waals surface area contributed by atoms with Gasteiger partial charge >= 0.3 is 0 Å². The maximum Gasteiger partial charge on any atom is 0.244 e. The standard InChI is InChI=1S/C20H29N5O/c1-2-3-12-24(15-18-8-4-5-11-22-18)20(26)16-25-13-9-19(23-25)17-7-6-10-21-14-17/h4-5,8-9,11,13,17,21H,2-3,6-7,10,12,14-16H2,1H3/t17-/m0/s1. The number of nitrogens with zero attached hydrogens (tertiary/aromatic N) is 4. The summed E-state index contributed by atoms with van der Waals surface area (Å²) in [5.74, 6) is 0.560. The Hall–Kier alpha value is -2.21. The molecular formula is C20H29N5O. The van der Waals surface area contributed by atoms with Crippen LogP contribution < -0.4 is 5.32 Å². The van der Waals surface area contributed by atoms with Crippen molar-refractivity contribution in [2.75, 3.05) is 19.6 Å². The zero-order valence-electron chi connectivity index (χ0n) is 15.6. The number of aromatic nitrogens is 3. The van der Waals surface area contributed by atoms with Crippen LogP contribution in [0.15, 0.2) is 36.7 Å². The van der Waals surface area contributed by atoms with Crippen molar-refractivity contribution in [3.8, 4) is 0 Å². The molecule has 0 saturated carbocycles. The Kier molecular flexibility index (Phi) is 6.77. The van der Waals surface area contributed by atoms with Gasteiger partial charge in [0.05, 0.1) is 17.9 Å². The Morgan fingerprint density at radius 3 is 3.04 bits per heavy atom. The molecule has 2 aromatic heterocycles. The van der Waals surface area contributed by atoms with E-state index in [0.29, 0.717) is 12.5 Å². The van der Waals surface area contributed by atoms with Crippen LogP contribution in [0.1, 0.15) is 49.9 Å². The molecule has 0 spiro atoms. The number of nitrogens with one attached hydrogen (secondary N) is 1. The molecule has 0 aliphatic carbocycles. The third-order valence-electron chi connectivity index (χ3n) is 4.89. The Morgan fingerprint density at radius 1 is 1.38 bits per heavy atom. The fourth-order valence-electron chi connectivity index (χ4n) is 3.35. The smallest absolute Gasteiger partial charge is 0.244 e. The molecule has 1 fully saturated rings. The molecule has 0 radical (unpaired) electrons. The van der Waals surface area contributed by atoms with Gasteiger partial charge in [-0.1, -0.05) is 19.4 Å². The minimum atomic E-state index is 0.0977. The molecule has 3 rings (SSSR count). The summed E-state index contributed by atoms with van der Waals surface area (Å²) in [5, 5.41) is 8.08. The maximum atomic E-state index is 12.8. The molecule has 0 bridgehead atoms. The summed E-state index contributed by atoms with van der Waals surface area (Å²) in [6.45, 7) is 5.81. The summed E-state index contributed by atoms with van der Waals surface area (Å²) in [4.78, 5) is 19.1. The highest BCUT2D eigenvalue weighted by atomic mass is 16.2. The first kappa shape index (κ1) is 18.6. The lowest BCUT2D eigenvalue weighted by Crippen LogP contribution is -2.34. The fraction of sp³-hybridized carbons (Fsp3) is 0.550. The molecule has 3 heterocycles. The monoisotopic (exact) mass is 355 g/mol. The molecule has 26 heavy (non-hydrogen) atoms. The number of carbonyl (C=O) groups excluding carboxylic acids is 1. The predicted molar refractivity (Wildman–Crippen MR) is 102 cm³/mol. The van der Waals surface area contributed by atoms with Gasteiger partial charge in [0.1, 0.15) is 6.54 Å². The third-order valence-corrected chi connectivity index (χ3v) is 4.89. The zero-order valence-corrected chi connectivity index (χ0v) is 15.6. The summed E-state index contributed by atoms with van der Waals surface area (Å²) in [7, 11) is 0. The summed E-state index contributed by atoms with van der Waals surface area (Å²) >= 11 is 0. The maximum absolute atomic E-state index is 12.8. The summed E-state index contributed by atoms with van der Waals surface area (Å²) in [5.41, 5.74) is 2.02. The van der Waals surface area contributed by atoms with Crippen molar-refractivity contribution in [2.45, 2.75) is 51.6 Å². The number of piperidine rings is 1. The van der Waals surface area contributed by atoms with Crippen molar-refractivity contribution in [1.29, 1.82) is 0 Å². The van der Waals surface area contributed by atoms with Gasteiger partial charge in [0.15, 0.2) is 0 Å². The predicted octanol–water partition coefficient (Wildman–Crippen LogP) is 2.57. The van der Waals surface area contributed by atoms with E-state index in [2.05, 4.69) is 28.4 Å². The second kappa shape index (κ2) is 9.48. The molecule has 0 aromatic carbocycles. The molecule has 1 aliphatic rings. The van der Waals surface area contributed by atoms with Gasteiger partial charge in [0, 0.05) is 31.4 Å². The molecule has 1 aliphatic heterocycles. The van der Waals surface area contributed by atoms with Gasteiger partial charge in [0.2, 0.25) is 5.91 Å². The lowest BCUT2D eigenvalue weighted by Gasteiger charge is -2.22. The average Bonchev–Trinajstić information content (AvgIpc) is 3.15. The number of unbranched alkanes of at least 4 members (excludes halogenated alkanes) is 1. The first-order chi connectivity index (χ1) is 12.8. The van der Waals surface area contributed by atoms with Crippen molar-refractivity contribution in [2.24, 2.45) is 0 Å². The number of hydrogen-bond acceptors (Lipinski definition) is 4. The van der Waals surface area contributed by atoms with Gasteiger partial charge < -0.3 is 10.2 Å². The molecule has 0 unspecified atom stereocenters. The minimum absolute atomic E-state index is 0.0977. The SMILES string of the molecule is CCCCN(Cc1ccccn1)C(=O)Cn1ccc([C@H]2CCCNC2)n1. The van der Waals surface area contributed by atoms with Crippen molar-refractivity contribution in [1.82, 2.24) is 25.0 Å². The van der Waals surface area contributed by atoms with Crippen molar-refractivity contribution < 1.29 is 4.79 Å². The van der Waals surface area contributed by atoms with Crippen LogP contribution in [0.4, 0.5) is 0 Å². The topological polar surface area (TPSA) is 63.1 Å². The van der Waals surface area contributed by atoms with Crippen LogP contribution in [0.3, 0.4) is 0 Å². The summed E-state index contributed by atoms with van der Waals surface area (Å²) < 4.78 is 1.78. The number of rotatable bonds is 8. The van der Waals surface area contributed by atoms with Gasteiger partial charge in [-0.3, -0.25) is 14.5 Å². The number of pyridine rings is 1. The number of carbonyl (C=O) groups is 1. The number of hydrogen-bond donors (Lipinski definition) is 1. The molecule has 6 nitrogen and oxygen atoms in total. The van der Waals surface area contributed by atoms with Crippen molar-refractivity contribution >= 4 is 5.91 Å². The molecule has 6 heteroatoms. The molecule has 1 N–H and O–H groups in total. The summed E-state index contributed by atoms with van der Waals surface area (Å²) in [6.07, 6.45) is 8.12. The summed E-state index contributed by atoms with van der Waals surface area (Å²) in [6, 6.07) is 7.88. The average molecular weight is 355 g/mol. The fourth-order valence-corrected chi connectivity index (χ4v) is 3.35. The molecular weight excluding hydrogens is 326 g/mol. The van der Waals surface area contributed by atoms with Gasteiger partial charge in [-0.05, 0) is 44.0 Å². The Bertz CT molecular complexity index is 679. The second-order valence-electron chi connectivity index (χ2n) is 6.97. The molecule has 1 amide bonds. The van der Waals surface area contributed by atoms with Crippen LogP contribution in [0.25, 0.3) is 0 Å². The van der Waals surface area contributed by atoms with Crippen molar-refractivity contribution in [3.05, 3.63) is 48.0 Å². The first-order valence-electron chi connectivity index (χ1n) is 9.68. The Balaban J connectivity index is 1.62. The van der Waals surface area contributed by atoms with Crippen LogP contribution >= 0.6 is 0 Å². The van der Waals surface area contributed by atoms with E-state index in [0.717, 1.165) is 43.9 Å². The van der Waals surface area contributed by atoms with Gasteiger partial charge in [-0.15, -0.1) is 0 Å². The van der Waals surface area contributed by atoms with Gasteiger partial charge in [-0.25, -0.2) is 0 Å². The van der Waals surface area contributed by atoms with Crippen LogP contribution in [0, 0.1) is 0 Å². The lowest BCUT2D eigenvalue weighted by molar-refractivity contribution is -0.132. The second-order valence-corrected chi connectivity index (χ2v) is 6.97. The normalized spacial score (nSPS) is 17.2. The molecule has 1 atom stereocenters. The van der Waals surface area contributed by atoms with E-state index in [1.165, 1.54) is 12.8 Å². The Morgan fingerprint density at radius 2 is 2.31 bits per heavy atom. The van der Waals surface area contributed by atoms with E-state index in [1.54, 1.807) is 10.9 Å².